The number of anilines is 3. The van der Waals surface area contributed by atoms with Crippen LogP contribution in [0.1, 0.15) is 78.8 Å². The van der Waals surface area contributed by atoms with E-state index in [2.05, 4.69) is 72.8 Å². The highest BCUT2D eigenvalue weighted by Gasteiger charge is 2.24. The first-order valence-corrected chi connectivity index (χ1v) is 14.5. The van der Waals surface area contributed by atoms with Gasteiger partial charge in [-0.25, -0.2) is 9.97 Å². The number of nitrogen functional groups attached to an aromatic ring is 2. The van der Waals surface area contributed by atoms with Gasteiger partial charge in [0.15, 0.2) is 5.65 Å². The van der Waals surface area contributed by atoms with Gasteiger partial charge in [0.1, 0.15) is 5.82 Å². The molecule has 4 aromatic rings. The molecule has 0 bridgehead atoms. The zero-order valence-electron chi connectivity index (χ0n) is 25.1. The highest BCUT2D eigenvalue weighted by atomic mass is 15.3. The summed E-state index contributed by atoms with van der Waals surface area (Å²) in [6.07, 6.45) is 7.00. The molecule has 0 amide bonds. The van der Waals surface area contributed by atoms with Crippen LogP contribution in [0.4, 0.5) is 17.5 Å². The third kappa shape index (κ3) is 7.50. The Morgan fingerprint density at radius 3 is 2.35 bits per heavy atom. The molecule has 6 N–H and O–H groups in total. The minimum Gasteiger partial charge on any atom is -0.402 e. The molecule has 214 valence electrons. The van der Waals surface area contributed by atoms with E-state index < -0.39 is 0 Å². The van der Waals surface area contributed by atoms with Crippen LogP contribution in [-0.4, -0.2) is 21.5 Å². The number of aromatic nitrogens is 3. The molecule has 0 saturated heterocycles. The number of allylic oxidation sites excluding steroid dienone is 3. The first-order chi connectivity index (χ1) is 19.5. The Kier molecular flexibility index (Phi) is 12.9. The van der Waals surface area contributed by atoms with E-state index in [9.17, 15) is 0 Å². The zero-order chi connectivity index (χ0) is 29.7. The molecule has 0 radical (unpaired) electrons. The van der Waals surface area contributed by atoms with Crippen LogP contribution in [0.5, 0.6) is 0 Å². The van der Waals surface area contributed by atoms with Crippen LogP contribution in [0, 0.1) is 0 Å². The zero-order valence-corrected chi connectivity index (χ0v) is 25.1. The largest absolute Gasteiger partial charge is 0.402 e. The first-order valence-electron chi connectivity index (χ1n) is 14.5. The summed E-state index contributed by atoms with van der Waals surface area (Å²) in [6.45, 7) is 17.0. The number of benzene rings is 2. The lowest BCUT2D eigenvalue weighted by atomic mass is 9.95. The van der Waals surface area contributed by atoms with E-state index in [-0.39, 0.29) is 6.04 Å². The van der Waals surface area contributed by atoms with Gasteiger partial charge in [0.05, 0.1) is 11.4 Å². The van der Waals surface area contributed by atoms with Crippen molar-refractivity contribution in [2.24, 2.45) is 5.73 Å². The second kappa shape index (κ2) is 16.1. The van der Waals surface area contributed by atoms with E-state index in [4.69, 9.17) is 27.2 Å². The van der Waals surface area contributed by atoms with Crippen LogP contribution in [-0.2, 0) is 0 Å². The predicted octanol–water partition coefficient (Wildman–Crippen LogP) is 7.94. The van der Waals surface area contributed by atoms with E-state index in [0.29, 0.717) is 28.5 Å². The summed E-state index contributed by atoms with van der Waals surface area (Å²) in [7, 11) is 0. The van der Waals surface area contributed by atoms with Crippen LogP contribution >= 0.6 is 0 Å². The van der Waals surface area contributed by atoms with Crippen LogP contribution in [0.2, 0.25) is 0 Å². The number of nitrogens with zero attached hydrogens (tertiary/aromatic N) is 4. The van der Waals surface area contributed by atoms with Crippen molar-refractivity contribution in [3.8, 4) is 0 Å². The molecule has 0 fully saturated rings. The number of fused-ring (bicyclic) bond motifs is 2. The van der Waals surface area contributed by atoms with Gasteiger partial charge in [0, 0.05) is 30.2 Å². The Morgan fingerprint density at radius 1 is 0.975 bits per heavy atom. The summed E-state index contributed by atoms with van der Waals surface area (Å²) in [5.74, 6) is 0.945. The predicted molar refractivity (Wildman–Crippen MR) is 174 cm³/mol. The lowest BCUT2D eigenvalue weighted by Gasteiger charge is -2.32. The molecular formula is C33H47N7. The van der Waals surface area contributed by atoms with E-state index in [0.717, 1.165) is 43.5 Å². The van der Waals surface area contributed by atoms with Crippen LogP contribution in [0.3, 0.4) is 0 Å². The van der Waals surface area contributed by atoms with Crippen molar-refractivity contribution >= 4 is 39.3 Å². The molecule has 2 aromatic heterocycles. The van der Waals surface area contributed by atoms with Gasteiger partial charge < -0.3 is 22.1 Å². The standard InChI is InChI=1S/C29H35N7.2C2H6/c1-4-19(24(30)5-2)13-10-16-36(29-33-18-23-25(31)17-27(32)34-28(23)35-29)26(6-3)22-15-9-12-20-11-7-8-14-21(20)22;2*1-2/h4,7-9,11-12,14-15,17-18,26H,1,5-6,10,13,16,30H2,2-3H3,(H4,31,32,33,34,35);2*1-2H3/b24-19+;;. The van der Waals surface area contributed by atoms with Crippen molar-refractivity contribution in [1.29, 1.82) is 0 Å². The quantitative estimate of drug-likeness (QED) is 0.174. The maximum Gasteiger partial charge on any atom is 0.227 e. The minimum absolute atomic E-state index is 0.0617. The van der Waals surface area contributed by atoms with Crippen LogP contribution in [0.25, 0.3) is 21.8 Å². The lowest BCUT2D eigenvalue weighted by molar-refractivity contribution is 0.577. The molecule has 2 aromatic carbocycles. The van der Waals surface area contributed by atoms with Crippen molar-refractivity contribution in [2.75, 3.05) is 22.9 Å². The Balaban J connectivity index is 0.00000134. The van der Waals surface area contributed by atoms with Gasteiger partial charge in [-0.3, -0.25) is 0 Å². The maximum absolute atomic E-state index is 6.22. The molecule has 1 unspecified atom stereocenters. The third-order valence-corrected chi connectivity index (χ3v) is 6.69. The molecule has 1 atom stereocenters. The SMILES string of the molecule is C=C/C(CCCN(c1ncc2c(N)cc(N)nc2n1)C(CC)c1cccc2ccccc12)=C(\N)CC.CC.CC. The van der Waals surface area contributed by atoms with Gasteiger partial charge >= 0.3 is 0 Å². The number of rotatable bonds is 10. The molecule has 2 heterocycles. The van der Waals surface area contributed by atoms with Gasteiger partial charge in [0.2, 0.25) is 5.95 Å². The van der Waals surface area contributed by atoms with E-state index in [1.165, 1.54) is 16.3 Å². The first kappa shape index (κ1) is 32.1. The highest BCUT2D eigenvalue weighted by Crippen LogP contribution is 2.34. The lowest BCUT2D eigenvalue weighted by Crippen LogP contribution is -2.31. The minimum atomic E-state index is 0.0617. The number of hydrogen-bond donors (Lipinski definition) is 3. The highest BCUT2D eigenvalue weighted by molar-refractivity contribution is 5.89. The monoisotopic (exact) mass is 541 g/mol. The normalized spacial score (nSPS) is 11.9. The average molecular weight is 542 g/mol. The summed E-state index contributed by atoms with van der Waals surface area (Å²) in [5, 5.41) is 3.13. The second-order valence-corrected chi connectivity index (χ2v) is 8.94. The fourth-order valence-corrected chi connectivity index (χ4v) is 4.79. The average Bonchev–Trinajstić information content (AvgIpc) is 3.00. The van der Waals surface area contributed by atoms with Crippen molar-refractivity contribution in [3.63, 3.8) is 0 Å². The third-order valence-electron chi connectivity index (χ3n) is 6.69. The molecule has 40 heavy (non-hydrogen) atoms. The summed E-state index contributed by atoms with van der Waals surface area (Å²) >= 11 is 0. The van der Waals surface area contributed by atoms with Crippen LogP contribution < -0.4 is 22.1 Å². The Morgan fingerprint density at radius 2 is 1.68 bits per heavy atom. The van der Waals surface area contributed by atoms with Crippen LogP contribution in [0.15, 0.2) is 78.7 Å². The van der Waals surface area contributed by atoms with Gasteiger partial charge in [-0.2, -0.15) is 4.98 Å². The number of nitrogens with two attached hydrogens (primary N) is 3. The van der Waals surface area contributed by atoms with Gasteiger partial charge in [0.25, 0.3) is 0 Å². The molecule has 0 aliphatic rings. The van der Waals surface area contributed by atoms with Gasteiger partial charge in [-0.15, -0.1) is 0 Å². The van der Waals surface area contributed by atoms with E-state index in [1.807, 2.05) is 33.8 Å². The fraction of sp³-hybridized carbons (Fsp3) is 0.364. The Hall–Kier alpha value is -4.13. The van der Waals surface area contributed by atoms with E-state index in [1.54, 1.807) is 12.3 Å². The molecule has 0 aliphatic heterocycles. The summed E-state index contributed by atoms with van der Waals surface area (Å²) in [5.41, 5.74) is 22.6. The number of hydrogen-bond acceptors (Lipinski definition) is 7. The van der Waals surface area contributed by atoms with Gasteiger partial charge in [-0.1, -0.05) is 96.7 Å². The molecule has 7 nitrogen and oxygen atoms in total. The smallest absolute Gasteiger partial charge is 0.227 e. The topological polar surface area (TPSA) is 120 Å². The van der Waals surface area contributed by atoms with Crippen molar-refractivity contribution in [1.82, 2.24) is 15.0 Å². The summed E-state index contributed by atoms with van der Waals surface area (Å²) in [4.78, 5) is 16.3. The number of pyridine rings is 1. The van der Waals surface area contributed by atoms with Crippen molar-refractivity contribution in [3.05, 3.63) is 84.2 Å². The molecule has 0 saturated carbocycles. The fourth-order valence-electron chi connectivity index (χ4n) is 4.79. The second-order valence-electron chi connectivity index (χ2n) is 8.94. The molecular weight excluding hydrogens is 494 g/mol. The Labute approximate surface area is 240 Å². The van der Waals surface area contributed by atoms with Crippen molar-refractivity contribution < 1.29 is 0 Å². The van der Waals surface area contributed by atoms with Crippen molar-refractivity contribution in [2.45, 2.75) is 73.3 Å². The molecule has 0 aliphatic carbocycles. The van der Waals surface area contributed by atoms with Gasteiger partial charge in [-0.05, 0) is 47.6 Å². The van der Waals surface area contributed by atoms with E-state index >= 15 is 0 Å². The summed E-state index contributed by atoms with van der Waals surface area (Å²) < 4.78 is 0. The maximum atomic E-state index is 6.22. The summed E-state index contributed by atoms with van der Waals surface area (Å²) in [6, 6.07) is 16.6. The molecule has 0 spiro atoms. The molecule has 4 rings (SSSR count). The molecule has 7 heteroatoms. The Bertz CT molecular complexity index is 1410.